The molecular weight excluding hydrogens is 190 g/mol. The van der Waals surface area contributed by atoms with Crippen LogP contribution in [0.15, 0.2) is 18.3 Å². The number of aromatic nitrogens is 1. The predicted octanol–water partition coefficient (Wildman–Crippen LogP) is 1.45. The SMILES string of the molecule is COc1cccnc1NCCCN(C)C. The maximum atomic E-state index is 5.19. The molecule has 0 bridgehead atoms. The molecule has 84 valence electrons. The minimum absolute atomic E-state index is 0.794. The summed E-state index contributed by atoms with van der Waals surface area (Å²) in [5, 5.41) is 3.26. The molecule has 1 N–H and O–H groups in total. The molecule has 1 heterocycles. The first-order chi connectivity index (χ1) is 7.24. The van der Waals surface area contributed by atoms with E-state index < -0.39 is 0 Å². The Labute approximate surface area is 91.3 Å². The van der Waals surface area contributed by atoms with Gasteiger partial charge in [-0.25, -0.2) is 4.98 Å². The molecule has 0 aliphatic rings. The van der Waals surface area contributed by atoms with Crippen LogP contribution in [0.3, 0.4) is 0 Å². The first-order valence-electron chi connectivity index (χ1n) is 5.11. The lowest BCUT2D eigenvalue weighted by molar-refractivity contribution is 0.403. The molecular formula is C11H19N3O. The Morgan fingerprint density at radius 3 is 2.93 bits per heavy atom. The van der Waals surface area contributed by atoms with Crippen molar-refractivity contribution in [2.75, 3.05) is 39.6 Å². The van der Waals surface area contributed by atoms with Gasteiger partial charge >= 0.3 is 0 Å². The Bertz CT molecular complexity index is 289. The second-order valence-electron chi connectivity index (χ2n) is 3.64. The number of anilines is 1. The third-order valence-corrected chi connectivity index (χ3v) is 2.07. The molecule has 0 saturated carbocycles. The van der Waals surface area contributed by atoms with Crippen LogP contribution in [0.2, 0.25) is 0 Å². The van der Waals surface area contributed by atoms with E-state index in [1.165, 1.54) is 0 Å². The first-order valence-corrected chi connectivity index (χ1v) is 5.11. The van der Waals surface area contributed by atoms with Crippen molar-refractivity contribution >= 4 is 5.82 Å². The van der Waals surface area contributed by atoms with Gasteiger partial charge in [0.2, 0.25) is 0 Å². The zero-order valence-electron chi connectivity index (χ0n) is 9.66. The van der Waals surface area contributed by atoms with Crippen molar-refractivity contribution in [3.05, 3.63) is 18.3 Å². The number of pyridine rings is 1. The van der Waals surface area contributed by atoms with E-state index in [4.69, 9.17) is 4.74 Å². The molecule has 1 aromatic heterocycles. The Balaban J connectivity index is 2.36. The smallest absolute Gasteiger partial charge is 0.168 e. The highest BCUT2D eigenvalue weighted by atomic mass is 16.5. The van der Waals surface area contributed by atoms with E-state index in [2.05, 4.69) is 29.3 Å². The molecule has 15 heavy (non-hydrogen) atoms. The van der Waals surface area contributed by atoms with E-state index in [1.807, 2.05) is 12.1 Å². The van der Waals surface area contributed by atoms with Crippen molar-refractivity contribution in [2.24, 2.45) is 0 Å². The molecule has 0 saturated heterocycles. The highest BCUT2D eigenvalue weighted by Crippen LogP contribution is 2.19. The van der Waals surface area contributed by atoms with Crippen LogP contribution in [-0.4, -0.2) is 44.2 Å². The van der Waals surface area contributed by atoms with E-state index in [9.17, 15) is 0 Å². The van der Waals surface area contributed by atoms with E-state index in [0.717, 1.165) is 31.1 Å². The fourth-order valence-corrected chi connectivity index (χ4v) is 1.29. The number of nitrogens with one attached hydrogen (secondary N) is 1. The summed E-state index contributed by atoms with van der Waals surface area (Å²) in [4.78, 5) is 6.38. The van der Waals surface area contributed by atoms with Crippen LogP contribution < -0.4 is 10.1 Å². The molecule has 1 aromatic rings. The van der Waals surface area contributed by atoms with Gasteiger partial charge in [-0.3, -0.25) is 0 Å². The van der Waals surface area contributed by atoms with Crippen LogP contribution in [0, 0.1) is 0 Å². The molecule has 0 aliphatic heterocycles. The third-order valence-electron chi connectivity index (χ3n) is 2.07. The Morgan fingerprint density at radius 1 is 1.47 bits per heavy atom. The molecule has 0 spiro atoms. The summed E-state index contributed by atoms with van der Waals surface area (Å²) in [6, 6.07) is 3.77. The van der Waals surface area contributed by atoms with Gasteiger partial charge in [0.15, 0.2) is 11.6 Å². The van der Waals surface area contributed by atoms with E-state index in [1.54, 1.807) is 13.3 Å². The van der Waals surface area contributed by atoms with Crippen LogP contribution in [0.5, 0.6) is 5.75 Å². The van der Waals surface area contributed by atoms with Gasteiger partial charge in [0.1, 0.15) is 0 Å². The average molecular weight is 209 g/mol. The normalized spacial score (nSPS) is 10.4. The van der Waals surface area contributed by atoms with Gasteiger partial charge in [-0.2, -0.15) is 0 Å². The van der Waals surface area contributed by atoms with Crippen molar-refractivity contribution in [1.29, 1.82) is 0 Å². The van der Waals surface area contributed by atoms with E-state index in [0.29, 0.717) is 0 Å². The Morgan fingerprint density at radius 2 is 2.27 bits per heavy atom. The van der Waals surface area contributed by atoms with Gasteiger partial charge in [0.25, 0.3) is 0 Å². The minimum Gasteiger partial charge on any atom is -0.493 e. The van der Waals surface area contributed by atoms with Gasteiger partial charge in [0, 0.05) is 12.7 Å². The molecule has 0 amide bonds. The largest absolute Gasteiger partial charge is 0.493 e. The number of hydrogen-bond donors (Lipinski definition) is 1. The zero-order chi connectivity index (χ0) is 11.1. The molecule has 0 unspecified atom stereocenters. The van der Waals surface area contributed by atoms with E-state index >= 15 is 0 Å². The van der Waals surface area contributed by atoms with Gasteiger partial charge in [-0.15, -0.1) is 0 Å². The lowest BCUT2D eigenvalue weighted by Crippen LogP contribution is -2.16. The van der Waals surface area contributed by atoms with Crippen molar-refractivity contribution in [3.63, 3.8) is 0 Å². The summed E-state index contributed by atoms with van der Waals surface area (Å²) in [5.41, 5.74) is 0. The summed E-state index contributed by atoms with van der Waals surface area (Å²) < 4.78 is 5.19. The third kappa shape index (κ3) is 4.16. The standard InChI is InChI=1S/C11H19N3O/c1-14(2)9-5-8-13-11-10(15-3)6-4-7-12-11/h4,6-7H,5,8-9H2,1-3H3,(H,12,13). The maximum absolute atomic E-state index is 5.19. The van der Waals surface area contributed by atoms with Crippen LogP contribution >= 0.6 is 0 Å². The number of nitrogens with zero attached hydrogens (tertiary/aromatic N) is 2. The number of rotatable bonds is 6. The Hall–Kier alpha value is -1.29. The highest BCUT2D eigenvalue weighted by Gasteiger charge is 2.01. The quantitative estimate of drug-likeness (QED) is 0.720. The molecule has 4 heteroatoms. The number of methoxy groups -OCH3 is 1. The average Bonchev–Trinajstić information content (AvgIpc) is 2.24. The van der Waals surface area contributed by atoms with E-state index in [-0.39, 0.29) is 0 Å². The second kappa shape index (κ2) is 6.24. The molecule has 0 radical (unpaired) electrons. The number of hydrogen-bond acceptors (Lipinski definition) is 4. The van der Waals surface area contributed by atoms with Gasteiger partial charge in [-0.05, 0) is 39.2 Å². The van der Waals surface area contributed by atoms with Crippen LogP contribution in [0.25, 0.3) is 0 Å². The predicted molar refractivity (Wildman–Crippen MR) is 62.4 cm³/mol. The van der Waals surface area contributed by atoms with Crippen molar-refractivity contribution in [3.8, 4) is 5.75 Å². The summed E-state index contributed by atoms with van der Waals surface area (Å²) in [6.45, 7) is 1.98. The highest BCUT2D eigenvalue weighted by molar-refractivity contribution is 5.49. The number of ether oxygens (including phenoxy) is 1. The fraction of sp³-hybridized carbons (Fsp3) is 0.545. The monoisotopic (exact) mass is 209 g/mol. The molecule has 0 aromatic carbocycles. The molecule has 0 aliphatic carbocycles. The first kappa shape index (κ1) is 11.8. The molecule has 1 rings (SSSR count). The second-order valence-corrected chi connectivity index (χ2v) is 3.64. The lowest BCUT2D eigenvalue weighted by Gasteiger charge is -2.11. The van der Waals surface area contributed by atoms with Crippen molar-refractivity contribution in [2.45, 2.75) is 6.42 Å². The van der Waals surface area contributed by atoms with Gasteiger partial charge in [-0.1, -0.05) is 0 Å². The summed E-state index contributed by atoms with van der Waals surface area (Å²) >= 11 is 0. The molecule has 4 nitrogen and oxygen atoms in total. The Kier molecular flexibility index (Phi) is 4.90. The topological polar surface area (TPSA) is 37.4 Å². The van der Waals surface area contributed by atoms with Crippen LogP contribution in [0.1, 0.15) is 6.42 Å². The van der Waals surface area contributed by atoms with Crippen molar-refractivity contribution < 1.29 is 4.74 Å². The summed E-state index contributed by atoms with van der Waals surface area (Å²) in [6.07, 6.45) is 2.85. The zero-order valence-corrected chi connectivity index (χ0v) is 9.66. The lowest BCUT2D eigenvalue weighted by atomic mass is 10.3. The minimum atomic E-state index is 0.794. The fourth-order valence-electron chi connectivity index (χ4n) is 1.29. The van der Waals surface area contributed by atoms with Crippen molar-refractivity contribution in [1.82, 2.24) is 9.88 Å². The van der Waals surface area contributed by atoms with Gasteiger partial charge in [0.05, 0.1) is 7.11 Å². The molecule has 0 fully saturated rings. The van der Waals surface area contributed by atoms with Gasteiger partial charge < -0.3 is 15.0 Å². The van der Waals surface area contributed by atoms with Crippen LogP contribution in [0.4, 0.5) is 5.82 Å². The maximum Gasteiger partial charge on any atom is 0.168 e. The summed E-state index contributed by atoms with van der Waals surface area (Å²) in [5.74, 6) is 1.61. The summed E-state index contributed by atoms with van der Waals surface area (Å²) in [7, 11) is 5.80. The molecule has 0 atom stereocenters. The van der Waals surface area contributed by atoms with Crippen LogP contribution in [-0.2, 0) is 0 Å².